The van der Waals surface area contributed by atoms with Crippen molar-refractivity contribution in [3.63, 3.8) is 0 Å². The maximum atomic E-state index is 12.8. The predicted octanol–water partition coefficient (Wildman–Crippen LogP) is 3.52. The number of alkyl halides is 3. The summed E-state index contributed by atoms with van der Waals surface area (Å²) < 4.78 is 39.6. The molecule has 4 nitrogen and oxygen atoms in total. The van der Waals surface area contributed by atoms with Crippen LogP contribution in [-0.2, 0) is 12.6 Å². The molecule has 0 aliphatic carbocycles. The van der Waals surface area contributed by atoms with Gasteiger partial charge in [-0.25, -0.2) is 9.50 Å². The summed E-state index contributed by atoms with van der Waals surface area (Å²) in [6.07, 6.45) is -2.17. The Hall–Kier alpha value is -2.41. The van der Waals surface area contributed by atoms with Crippen LogP contribution in [0.3, 0.4) is 0 Å². The van der Waals surface area contributed by atoms with Gasteiger partial charge in [0, 0.05) is 18.3 Å². The molecule has 0 N–H and O–H groups in total. The van der Waals surface area contributed by atoms with E-state index in [0.29, 0.717) is 5.56 Å². The Balaban J connectivity index is 1.95. The van der Waals surface area contributed by atoms with Crippen molar-refractivity contribution in [1.82, 2.24) is 19.5 Å². The highest BCUT2D eigenvalue weighted by atomic mass is 19.4. The highest BCUT2D eigenvalue weighted by Crippen LogP contribution is 2.29. The minimum Gasteiger partial charge on any atom is -0.309 e. The molecule has 0 aliphatic heterocycles. The average molecular weight is 334 g/mol. The maximum absolute atomic E-state index is 12.8. The van der Waals surface area contributed by atoms with Gasteiger partial charge >= 0.3 is 6.18 Å². The quantitative estimate of drug-likeness (QED) is 0.732. The first-order valence-electron chi connectivity index (χ1n) is 7.51. The van der Waals surface area contributed by atoms with Crippen molar-refractivity contribution >= 4 is 5.65 Å². The molecule has 0 saturated heterocycles. The molecule has 0 radical (unpaired) electrons. The first-order chi connectivity index (χ1) is 11.3. The second kappa shape index (κ2) is 6.24. The number of likely N-dealkylation sites (N-methyl/N-ethyl adjacent to an activating group) is 1. The lowest BCUT2D eigenvalue weighted by atomic mass is 10.0. The molecule has 2 heterocycles. The van der Waals surface area contributed by atoms with Crippen LogP contribution in [0.15, 0.2) is 42.6 Å². The monoisotopic (exact) mass is 334 g/mol. The van der Waals surface area contributed by atoms with Gasteiger partial charge in [0.25, 0.3) is 5.82 Å². The molecule has 7 heteroatoms. The van der Waals surface area contributed by atoms with Crippen LogP contribution in [0.25, 0.3) is 16.8 Å². The molecule has 2 aromatic heterocycles. The molecule has 126 valence electrons. The van der Waals surface area contributed by atoms with E-state index in [4.69, 9.17) is 0 Å². The summed E-state index contributed by atoms with van der Waals surface area (Å²) in [4.78, 5) is 5.76. The summed E-state index contributed by atoms with van der Waals surface area (Å²) in [5, 5.41) is 3.51. The van der Waals surface area contributed by atoms with Gasteiger partial charge in [-0.2, -0.15) is 13.2 Å². The predicted molar refractivity (Wildman–Crippen MR) is 85.7 cm³/mol. The van der Waals surface area contributed by atoms with Gasteiger partial charge in [-0.15, -0.1) is 5.10 Å². The van der Waals surface area contributed by atoms with E-state index < -0.39 is 12.0 Å². The molecule has 3 aromatic rings. The fourth-order valence-corrected chi connectivity index (χ4v) is 2.46. The SMILES string of the molecule is CN(C)CCc1ccc(-c2cccn3nc(C(F)(F)F)nc23)cc1. The van der Waals surface area contributed by atoms with Gasteiger partial charge in [0.15, 0.2) is 5.65 Å². The van der Waals surface area contributed by atoms with Gasteiger partial charge < -0.3 is 4.90 Å². The lowest BCUT2D eigenvalue weighted by Gasteiger charge is -2.10. The Morgan fingerprint density at radius 2 is 1.79 bits per heavy atom. The van der Waals surface area contributed by atoms with E-state index in [1.165, 1.54) is 11.8 Å². The topological polar surface area (TPSA) is 33.4 Å². The van der Waals surface area contributed by atoms with Crippen molar-refractivity contribution < 1.29 is 13.2 Å². The first-order valence-corrected chi connectivity index (χ1v) is 7.51. The van der Waals surface area contributed by atoms with Crippen molar-refractivity contribution in [2.75, 3.05) is 20.6 Å². The van der Waals surface area contributed by atoms with E-state index >= 15 is 0 Å². The lowest BCUT2D eigenvalue weighted by molar-refractivity contribution is -0.144. The molecule has 3 rings (SSSR count). The molecule has 0 aliphatic rings. The third-order valence-electron chi connectivity index (χ3n) is 3.73. The Bertz CT molecular complexity index is 835. The van der Waals surface area contributed by atoms with Crippen molar-refractivity contribution in [1.29, 1.82) is 0 Å². The molecular formula is C17H17F3N4. The lowest BCUT2D eigenvalue weighted by Crippen LogP contribution is -2.14. The molecule has 1 aromatic carbocycles. The van der Waals surface area contributed by atoms with E-state index in [9.17, 15) is 13.2 Å². The summed E-state index contributed by atoms with van der Waals surface area (Å²) in [6.45, 7) is 0.939. The number of hydrogen-bond acceptors (Lipinski definition) is 3. The Kier molecular flexibility index (Phi) is 4.28. The van der Waals surface area contributed by atoms with E-state index in [2.05, 4.69) is 15.0 Å². The third-order valence-corrected chi connectivity index (χ3v) is 3.73. The van der Waals surface area contributed by atoms with Gasteiger partial charge in [-0.05, 0) is 43.8 Å². The number of rotatable bonds is 4. The molecule has 0 unspecified atom stereocenters. The summed E-state index contributed by atoms with van der Waals surface area (Å²) in [5.74, 6) is -1.13. The molecule has 0 atom stereocenters. The fraction of sp³-hybridized carbons (Fsp3) is 0.294. The number of fused-ring (bicyclic) bond motifs is 1. The van der Waals surface area contributed by atoms with Gasteiger partial charge in [-0.1, -0.05) is 24.3 Å². The molecule has 0 amide bonds. The highest BCUT2D eigenvalue weighted by molar-refractivity contribution is 5.77. The van der Waals surface area contributed by atoms with Crippen LogP contribution in [0.4, 0.5) is 13.2 Å². The van der Waals surface area contributed by atoms with Crippen molar-refractivity contribution in [3.05, 3.63) is 54.0 Å². The van der Waals surface area contributed by atoms with E-state index in [0.717, 1.165) is 23.0 Å². The molecule has 0 spiro atoms. The average Bonchev–Trinajstić information content (AvgIpc) is 2.98. The van der Waals surface area contributed by atoms with Crippen molar-refractivity contribution in [3.8, 4) is 11.1 Å². The number of hydrogen-bond donors (Lipinski definition) is 0. The number of aromatic nitrogens is 3. The largest absolute Gasteiger partial charge is 0.453 e. The third kappa shape index (κ3) is 3.41. The van der Waals surface area contributed by atoms with Crippen LogP contribution in [0.5, 0.6) is 0 Å². The standard InChI is InChI=1S/C17H17F3N4/c1-23(2)11-9-12-5-7-13(8-6-12)14-4-3-10-24-15(14)21-16(22-24)17(18,19)20/h3-8,10H,9,11H2,1-2H3. The molecular weight excluding hydrogens is 317 g/mol. The smallest absolute Gasteiger partial charge is 0.309 e. The van der Waals surface area contributed by atoms with E-state index in [1.54, 1.807) is 12.1 Å². The minimum absolute atomic E-state index is 0.200. The maximum Gasteiger partial charge on any atom is 0.453 e. The summed E-state index contributed by atoms with van der Waals surface area (Å²) >= 11 is 0. The Labute approximate surface area is 137 Å². The van der Waals surface area contributed by atoms with Crippen molar-refractivity contribution in [2.45, 2.75) is 12.6 Å². The Morgan fingerprint density at radius 1 is 1.08 bits per heavy atom. The molecule has 24 heavy (non-hydrogen) atoms. The van der Waals surface area contributed by atoms with E-state index in [-0.39, 0.29) is 5.65 Å². The molecule has 0 fully saturated rings. The number of benzene rings is 1. The fourth-order valence-electron chi connectivity index (χ4n) is 2.46. The van der Waals surface area contributed by atoms with E-state index in [1.807, 2.05) is 38.4 Å². The zero-order valence-corrected chi connectivity index (χ0v) is 13.4. The summed E-state index contributed by atoms with van der Waals surface area (Å²) in [7, 11) is 4.03. The van der Waals surface area contributed by atoms with Crippen molar-refractivity contribution in [2.24, 2.45) is 0 Å². The first kappa shape index (κ1) is 16.4. The van der Waals surface area contributed by atoms with Gasteiger partial charge in [0.1, 0.15) is 0 Å². The summed E-state index contributed by atoms with van der Waals surface area (Å²) in [5.41, 5.74) is 2.82. The normalized spacial score (nSPS) is 12.2. The van der Waals surface area contributed by atoms with Gasteiger partial charge in [0.2, 0.25) is 0 Å². The van der Waals surface area contributed by atoms with Crippen LogP contribution >= 0.6 is 0 Å². The van der Waals surface area contributed by atoms with Crippen LogP contribution < -0.4 is 0 Å². The van der Waals surface area contributed by atoms with Gasteiger partial charge in [-0.3, -0.25) is 0 Å². The highest BCUT2D eigenvalue weighted by Gasteiger charge is 2.36. The zero-order chi connectivity index (χ0) is 17.3. The zero-order valence-electron chi connectivity index (χ0n) is 13.4. The number of nitrogens with zero attached hydrogens (tertiary/aromatic N) is 4. The van der Waals surface area contributed by atoms with Gasteiger partial charge in [0.05, 0.1) is 0 Å². The second-order valence-electron chi connectivity index (χ2n) is 5.87. The van der Waals surface area contributed by atoms with Crippen LogP contribution in [-0.4, -0.2) is 40.1 Å². The number of pyridine rings is 1. The second-order valence-corrected chi connectivity index (χ2v) is 5.87. The molecule has 0 bridgehead atoms. The molecule has 0 saturated carbocycles. The van der Waals surface area contributed by atoms with Crippen LogP contribution in [0, 0.1) is 0 Å². The van der Waals surface area contributed by atoms with Crippen LogP contribution in [0.1, 0.15) is 11.4 Å². The number of halogens is 3. The minimum atomic E-state index is -4.56. The Morgan fingerprint density at radius 3 is 2.42 bits per heavy atom. The summed E-state index contributed by atoms with van der Waals surface area (Å²) in [6, 6.07) is 11.2. The van der Waals surface area contributed by atoms with Crippen LogP contribution in [0.2, 0.25) is 0 Å².